The highest BCUT2D eigenvalue weighted by molar-refractivity contribution is 5.85. The molecule has 0 aromatic heterocycles. The highest BCUT2D eigenvalue weighted by Crippen LogP contribution is 2.21. The van der Waals surface area contributed by atoms with Gasteiger partial charge in [0.05, 0.1) is 13.2 Å². The van der Waals surface area contributed by atoms with Gasteiger partial charge in [0, 0.05) is 25.0 Å². The van der Waals surface area contributed by atoms with Gasteiger partial charge >= 0.3 is 5.97 Å². The molecule has 1 aliphatic heterocycles. The molecule has 102 valence electrons. The van der Waals surface area contributed by atoms with Crippen LogP contribution in [0.3, 0.4) is 0 Å². The van der Waals surface area contributed by atoms with E-state index in [0.29, 0.717) is 24.5 Å². The predicted octanol–water partition coefficient (Wildman–Crippen LogP) is 2.48. The fraction of sp³-hybridized carbons (Fsp3) is 0.357. The molecule has 0 amide bonds. The van der Waals surface area contributed by atoms with Crippen molar-refractivity contribution in [2.75, 3.05) is 13.2 Å². The molecule has 1 saturated heterocycles. The molecule has 0 aliphatic carbocycles. The lowest BCUT2D eigenvalue weighted by molar-refractivity contribution is -0.131. The van der Waals surface area contributed by atoms with E-state index < -0.39 is 11.8 Å². The van der Waals surface area contributed by atoms with E-state index in [9.17, 15) is 9.18 Å². The van der Waals surface area contributed by atoms with E-state index >= 15 is 0 Å². The third-order valence-corrected chi connectivity index (χ3v) is 2.78. The minimum absolute atomic E-state index is 0.0202. The molecule has 1 aliphatic rings. The third-order valence-electron chi connectivity index (χ3n) is 2.78. The molecule has 0 atom stereocenters. The van der Waals surface area contributed by atoms with Crippen molar-refractivity contribution in [3.63, 3.8) is 0 Å². The summed E-state index contributed by atoms with van der Waals surface area (Å²) in [7, 11) is 0. The van der Waals surface area contributed by atoms with Crippen molar-refractivity contribution in [2.45, 2.75) is 18.9 Å². The lowest BCUT2D eigenvalue weighted by atomic mass is 10.1. The topological polar surface area (TPSA) is 55.8 Å². The number of hydrogen-bond donors (Lipinski definition) is 1. The molecule has 2 rings (SSSR count). The van der Waals surface area contributed by atoms with Gasteiger partial charge in [-0.3, -0.25) is 0 Å². The molecule has 5 heteroatoms. The maximum atomic E-state index is 13.4. The van der Waals surface area contributed by atoms with Crippen molar-refractivity contribution in [1.82, 2.24) is 0 Å². The molecule has 1 N–H and O–H groups in total. The zero-order valence-electron chi connectivity index (χ0n) is 10.3. The Labute approximate surface area is 110 Å². The van der Waals surface area contributed by atoms with Gasteiger partial charge in [-0.25, -0.2) is 9.18 Å². The molecule has 1 heterocycles. The number of ether oxygens (including phenoxy) is 2. The van der Waals surface area contributed by atoms with Crippen molar-refractivity contribution >= 4 is 12.0 Å². The van der Waals surface area contributed by atoms with Crippen LogP contribution in [-0.4, -0.2) is 30.4 Å². The number of benzene rings is 1. The zero-order chi connectivity index (χ0) is 13.7. The van der Waals surface area contributed by atoms with Crippen molar-refractivity contribution in [3.8, 4) is 5.75 Å². The van der Waals surface area contributed by atoms with Crippen molar-refractivity contribution in [3.05, 3.63) is 35.7 Å². The van der Waals surface area contributed by atoms with E-state index in [2.05, 4.69) is 0 Å². The lowest BCUT2D eigenvalue weighted by Crippen LogP contribution is -2.25. The van der Waals surface area contributed by atoms with Gasteiger partial charge in [-0.05, 0) is 23.8 Å². The number of rotatable bonds is 4. The Morgan fingerprint density at radius 1 is 1.37 bits per heavy atom. The first-order valence-electron chi connectivity index (χ1n) is 6.09. The summed E-state index contributed by atoms with van der Waals surface area (Å²) < 4.78 is 24.3. The van der Waals surface area contributed by atoms with Crippen LogP contribution in [-0.2, 0) is 9.53 Å². The summed E-state index contributed by atoms with van der Waals surface area (Å²) in [6, 6.07) is 4.18. The van der Waals surface area contributed by atoms with Crippen LogP contribution in [0.5, 0.6) is 5.75 Å². The number of carboxylic acid groups (broad SMARTS) is 1. The first-order valence-corrected chi connectivity index (χ1v) is 6.09. The summed E-state index contributed by atoms with van der Waals surface area (Å²) >= 11 is 0. The van der Waals surface area contributed by atoms with E-state index in [-0.39, 0.29) is 6.10 Å². The van der Waals surface area contributed by atoms with Crippen LogP contribution in [0.25, 0.3) is 6.08 Å². The van der Waals surface area contributed by atoms with E-state index in [1.54, 1.807) is 6.07 Å². The summed E-state index contributed by atoms with van der Waals surface area (Å²) in [6.07, 6.45) is 3.87. The van der Waals surface area contributed by atoms with Gasteiger partial charge in [-0.15, -0.1) is 0 Å². The number of aliphatic carboxylic acids is 1. The standard InChI is InChI=1S/C14H15FO4/c15-11-7-10(1-2-14(16)17)8-13(9-11)19-12-3-5-18-6-4-12/h1-2,7-9,12H,3-6H2,(H,16,17)/b2-1+. The molecule has 0 spiro atoms. The normalized spacial score (nSPS) is 16.7. The first kappa shape index (κ1) is 13.5. The monoisotopic (exact) mass is 266 g/mol. The average molecular weight is 266 g/mol. The van der Waals surface area contributed by atoms with Gasteiger partial charge in [0.2, 0.25) is 0 Å². The van der Waals surface area contributed by atoms with Gasteiger partial charge in [0.25, 0.3) is 0 Å². The van der Waals surface area contributed by atoms with Crippen molar-refractivity contribution in [1.29, 1.82) is 0 Å². The second-order valence-electron chi connectivity index (χ2n) is 4.32. The molecule has 1 aromatic rings. The number of carboxylic acids is 1. The largest absolute Gasteiger partial charge is 0.490 e. The van der Waals surface area contributed by atoms with Crippen LogP contribution in [0, 0.1) is 5.82 Å². The second kappa shape index (κ2) is 6.33. The average Bonchev–Trinajstić information content (AvgIpc) is 2.37. The number of carbonyl (C=O) groups is 1. The van der Waals surface area contributed by atoms with E-state index in [0.717, 1.165) is 18.9 Å². The summed E-state index contributed by atoms with van der Waals surface area (Å²) in [5.74, 6) is -1.11. The van der Waals surface area contributed by atoms with Crippen LogP contribution in [0.2, 0.25) is 0 Å². The van der Waals surface area contributed by atoms with Crippen LogP contribution < -0.4 is 4.74 Å². The maximum absolute atomic E-state index is 13.4. The highest BCUT2D eigenvalue weighted by atomic mass is 19.1. The first-order chi connectivity index (χ1) is 9.13. The lowest BCUT2D eigenvalue weighted by Gasteiger charge is -2.23. The molecule has 0 unspecified atom stereocenters. The second-order valence-corrected chi connectivity index (χ2v) is 4.32. The van der Waals surface area contributed by atoms with E-state index in [1.165, 1.54) is 18.2 Å². The minimum atomic E-state index is -1.07. The Morgan fingerprint density at radius 3 is 2.79 bits per heavy atom. The van der Waals surface area contributed by atoms with Gasteiger partial charge in [0.1, 0.15) is 17.7 Å². The fourth-order valence-corrected chi connectivity index (χ4v) is 1.90. The molecule has 0 bridgehead atoms. The van der Waals surface area contributed by atoms with Crippen LogP contribution in [0.15, 0.2) is 24.3 Å². The molecule has 0 saturated carbocycles. The predicted molar refractivity (Wildman–Crippen MR) is 67.5 cm³/mol. The smallest absolute Gasteiger partial charge is 0.328 e. The molecule has 1 fully saturated rings. The summed E-state index contributed by atoms with van der Waals surface area (Å²) in [4.78, 5) is 10.4. The minimum Gasteiger partial charge on any atom is -0.490 e. The number of halogens is 1. The van der Waals surface area contributed by atoms with Crippen LogP contribution >= 0.6 is 0 Å². The van der Waals surface area contributed by atoms with Gasteiger partial charge < -0.3 is 14.6 Å². The summed E-state index contributed by atoms with van der Waals surface area (Å²) in [6.45, 7) is 1.29. The Hall–Kier alpha value is -1.88. The van der Waals surface area contributed by atoms with E-state index in [1.807, 2.05) is 0 Å². The summed E-state index contributed by atoms with van der Waals surface area (Å²) in [5, 5.41) is 8.55. The quantitative estimate of drug-likeness (QED) is 0.851. The molecule has 1 aromatic carbocycles. The highest BCUT2D eigenvalue weighted by Gasteiger charge is 2.15. The molecule has 19 heavy (non-hydrogen) atoms. The van der Waals surface area contributed by atoms with Crippen LogP contribution in [0.1, 0.15) is 18.4 Å². The molecular formula is C14H15FO4. The number of hydrogen-bond acceptors (Lipinski definition) is 3. The van der Waals surface area contributed by atoms with Crippen molar-refractivity contribution in [2.24, 2.45) is 0 Å². The Morgan fingerprint density at radius 2 is 2.11 bits per heavy atom. The Balaban J connectivity index is 2.09. The van der Waals surface area contributed by atoms with Crippen LogP contribution in [0.4, 0.5) is 4.39 Å². The molecular weight excluding hydrogens is 251 g/mol. The van der Waals surface area contributed by atoms with E-state index in [4.69, 9.17) is 14.6 Å². The molecule has 0 radical (unpaired) electrons. The third kappa shape index (κ3) is 4.37. The maximum Gasteiger partial charge on any atom is 0.328 e. The molecule has 4 nitrogen and oxygen atoms in total. The fourth-order valence-electron chi connectivity index (χ4n) is 1.90. The van der Waals surface area contributed by atoms with Gasteiger partial charge in [-0.1, -0.05) is 0 Å². The van der Waals surface area contributed by atoms with Gasteiger partial charge in [0.15, 0.2) is 0 Å². The summed E-state index contributed by atoms with van der Waals surface area (Å²) in [5.41, 5.74) is 0.462. The van der Waals surface area contributed by atoms with Crippen molar-refractivity contribution < 1.29 is 23.8 Å². The Bertz CT molecular complexity index is 478. The zero-order valence-corrected chi connectivity index (χ0v) is 10.3. The Kier molecular flexibility index (Phi) is 4.52. The SMILES string of the molecule is O=C(O)/C=C/c1cc(F)cc(OC2CCOCC2)c1. The van der Waals surface area contributed by atoms with Gasteiger partial charge in [-0.2, -0.15) is 0 Å².